The van der Waals surface area contributed by atoms with Gasteiger partial charge < -0.3 is 4.90 Å². The molecule has 1 aromatic rings. The minimum Gasteiger partial charge on any atom is -0.342 e. The zero-order valence-electron chi connectivity index (χ0n) is 6.60. The molecule has 0 spiro atoms. The topological polar surface area (TPSA) is 16.1 Å². The maximum absolute atomic E-state index is 11.9. The average Bonchev–Trinajstić information content (AvgIpc) is 2.31. The molecule has 0 unspecified atom stereocenters. The lowest BCUT2D eigenvalue weighted by molar-refractivity contribution is -0.119. The Labute approximate surface area is 81.9 Å². The Balaban J connectivity index is 2.64. The number of thiazole rings is 1. The molecule has 0 radical (unpaired) electrons. The summed E-state index contributed by atoms with van der Waals surface area (Å²) in [5.41, 5.74) is 0. The van der Waals surface area contributed by atoms with Crippen molar-refractivity contribution in [2.75, 3.05) is 18.5 Å². The zero-order chi connectivity index (χ0) is 10.1. The van der Waals surface area contributed by atoms with E-state index < -0.39 is 12.7 Å². The van der Waals surface area contributed by atoms with Crippen LogP contribution in [0.1, 0.15) is 0 Å². The second kappa shape index (κ2) is 3.71. The van der Waals surface area contributed by atoms with Gasteiger partial charge in [-0.05, 0) is 0 Å². The molecule has 0 saturated carbocycles. The smallest absolute Gasteiger partial charge is 0.342 e. The van der Waals surface area contributed by atoms with E-state index in [1.165, 1.54) is 12.4 Å². The van der Waals surface area contributed by atoms with Crippen molar-refractivity contribution < 1.29 is 13.2 Å². The van der Waals surface area contributed by atoms with Gasteiger partial charge in [0.05, 0.1) is 0 Å². The monoisotopic (exact) mass is 230 g/mol. The number of alkyl halides is 3. The molecule has 0 amide bonds. The number of nitrogens with zero attached hydrogens (tertiary/aromatic N) is 2. The fourth-order valence-corrected chi connectivity index (χ4v) is 1.67. The molecule has 0 aromatic carbocycles. The summed E-state index contributed by atoms with van der Waals surface area (Å²) in [6.45, 7) is -1.02. The lowest BCUT2D eigenvalue weighted by atomic mass is 10.6. The first-order valence-electron chi connectivity index (χ1n) is 3.27. The molecular weight excluding hydrogens is 225 g/mol. The molecule has 0 aliphatic carbocycles. The highest BCUT2D eigenvalue weighted by molar-refractivity contribution is 7.14. The average molecular weight is 231 g/mol. The number of hydrogen-bond acceptors (Lipinski definition) is 3. The number of aromatic nitrogens is 1. The van der Waals surface area contributed by atoms with Crippen LogP contribution in [0, 0.1) is 0 Å². The second-order valence-electron chi connectivity index (χ2n) is 2.42. The largest absolute Gasteiger partial charge is 0.405 e. The molecular formula is C6H6ClF3N2S. The summed E-state index contributed by atoms with van der Waals surface area (Å²) in [6.07, 6.45) is -4.22. The maximum Gasteiger partial charge on any atom is 0.405 e. The summed E-state index contributed by atoms with van der Waals surface area (Å²) in [5.74, 6) is 0. The summed E-state index contributed by atoms with van der Waals surface area (Å²) in [7, 11) is 1.32. The molecule has 1 heterocycles. The summed E-state index contributed by atoms with van der Waals surface area (Å²) in [6, 6.07) is 0. The Kier molecular flexibility index (Phi) is 3.02. The number of halogens is 4. The number of rotatable bonds is 2. The molecule has 13 heavy (non-hydrogen) atoms. The van der Waals surface area contributed by atoms with E-state index in [2.05, 4.69) is 4.98 Å². The van der Waals surface area contributed by atoms with Gasteiger partial charge in [0.1, 0.15) is 11.7 Å². The van der Waals surface area contributed by atoms with Gasteiger partial charge in [0.15, 0.2) is 5.13 Å². The molecule has 0 N–H and O–H groups in total. The van der Waals surface area contributed by atoms with E-state index in [4.69, 9.17) is 11.6 Å². The van der Waals surface area contributed by atoms with E-state index in [0.29, 0.717) is 0 Å². The van der Waals surface area contributed by atoms with E-state index in [0.717, 1.165) is 16.2 Å². The van der Waals surface area contributed by atoms with Crippen molar-refractivity contribution in [2.45, 2.75) is 6.18 Å². The SMILES string of the molecule is CN(CC(F)(F)F)c1nc(Cl)cs1. The van der Waals surface area contributed by atoms with Crippen molar-refractivity contribution in [1.82, 2.24) is 4.98 Å². The highest BCUT2D eigenvalue weighted by atomic mass is 35.5. The minimum atomic E-state index is -4.22. The molecule has 0 aliphatic rings. The summed E-state index contributed by atoms with van der Waals surface area (Å²) in [4.78, 5) is 4.72. The van der Waals surface area contributed by atoms with E-state index in [9.17, 15) is 13.2 Å². The molecule has 0 atom stereocenters. The van der Waals surface area contributed by atoms with Crippen LogP contribution >= 0.6 is 22.9 Å². The van der Waals surface area contributed by atoms with E-state index in [1.54, 1.807) is 0 Å². The van der Waals surface area contributed by atoms with E-state index in [1.807, 2.05) is 0 Å². The molecule has 74 valence electrons. The molecule has 1 rings (SSSR count). The van der Waals surface area contributed by atoms with Crippen LogP contribution in [-0.2, 0) is 0 Å². The number of anilines is 1. The lowest BCUT2D eigenvalue weighted by Gasteiger charge is -2.17. The fraction of sp³-hybridized carbons (Fsp3) is 0.500. The quantitative estimate of drug-likeness (QED) is 0.777. The van der Waals surface area contributed by atoms with Crippen LogP contribution in [0.15, 0.2) is 5.38 Å². The van der Waals surface area contributed by atoms with Gasteiger partial charge in [-0.15, -0.1) is 11.3 Å². The Morgan fingerprint density at radius 1 is 1.62 bits per heavy atom. The van der Waals surface area contributed by atoms with Crippen molar-refractivity contribution in [3.63, 3.8) is 0 Å². The van der Waals surface area contributed by atoms with Crippen molar-refractivity contribution in [1.29, 1.82) is 0 Å². The standard InChI is InChI=1S/C6H6ClF3N2S/c1-12(3-6(8,9)10)5-11-4(7)2-13-5/h2H,3H2,1H3. The van der Waals surface area contributed by atoms with Gasteiger partial charge in [-0.2, -0.15) is 13.2 Å². The third kappa shape index (κ3) is 3.40. The van der Waals surface area contributed by atoms with Crippen LogP contribution in [0.4, 0.5) is 18.3 Å². The predicted molar refractivity (Wildman–Crippen MR) is 46.4 cm³/mol. The van der Waals surface area contributed by atoms with Crippen molar-refractivity contribution in [3.05, 3.63) is 10.5 Å². The summed E-state index contributed by atoms with van der Waals surface area (Å²) in [5, 5.41) is 1.97. The second-order valence-corrected chi connectivity index (χ2v) is 3.65. The third-order valence-electron chi connectivity index (χ3n) is 1.21. The Hall–Kier alpha value is -0.490. The van der Waals surface area contributed by atoms with Crippen LogP contribution in [0.2, 0.25) is 5.15 Å². The van der Waals surface area contributed by atoms with Crippen LogP contribution in [-0.4, -0.2) is 24.8 Å². The molecule has 7 heteroatoms. The van der Waals surface area contributed by atoms with Crippen LogP contribution in [0.3, 0.4) is 0 Å². The van der Waals surface area contributed by atoms with Gasteiger partial charge in [0, 0.05) is 12.4 Å². The minimum absolute atomic E-state index is 0.217. The first kappa shape index (κ1) is 10.6. The Morgan fingerprint density at radius 2 is 2.23 bits per heavy atom. The lowest BCUT2D eigenvalue weighted by Crippen LogP contribution is -2.30. The van der Waals surface area contributed by atoms with Crippen LogP contribution in [0.25, 0.3) is 0 Å². The molecule has 0 aliphatic heterocycles. The molecule has 0 bridgehead atoms. The first-order valence-corrected chi connectivity index (χ1v) is 4.53. The van der Waals surface area contributed by atoms with Gasteiger partial charge >= 0.3 is 6.18 Å². The van der Waals surface area contributed by atoms with Gasteiger partial charge in [0.2, 0.25) is 0 Å². The number of hydrogen-bond donors (Lipinski definition) is 0. The van der Waals surface area contributed by atoms with Crippen molar-refractivity contribution in [3.8, 4) is 0 Å². The Morgan fingerprint density at radius 3 is 2.62 bits per heavy atom. The molecule has 1 aromatic heterocycles. The van der Waals surface area contributed by atoms with Crippen LogP contribution < -0.4 is 4.90 Å². The van der Waals surface area contributed by atoms with E-state index in [-0.39, 0.29) is 10.3 Å². The van der Waals surface area contributed by atoms with E-state index >= 15 is 0 Å². The van der Waals surface area contributed by atoms with Gasteiger partial charge in [-0.3, -0.25) is 0 Å². The molecule has 0 fully saturated rings. The Bertz CT molecular complexity index is 286. The first-order chi connectivity index (χ1) is 5.88. The summed E-state index contributed by atoms with van der Waals surface area (Å²) >= 11 is 6.55. The van der Waals surface area contributed by atoms with Crippen molar-refractivity contribution >= 4 is 28.1 Å². The normalized spacial score (nSPS) is 11.8. The summed E-state index contributed by atoms with van der Waals surface area (Å²) < 4.78 is 35.7. The van der Waals surface area contributed by atoms with Gasteiger partial charge in [-0.25, -0.2) is 4.98 Å². The highest BCUT2D eigenvalue weighted by Crippen LogP contribution is 2.25. The fourth-order valence-electron chi connectivity index (χ4n) is 0.757. The van der Waals surface area contributed by atoms with Gasteiger partial charge in [-0.1, -0.05) is 11.6 Å². The van der Waals surface area contributed by atoms with Crippen LogP contribution in [0.5, 0.6) is 0 Å². The molecule has 0 saturated heterocycles. The predicted octanol–water partition coefficient (Wildman–Crippen LogP) is 2.80. The zero-order valence-corrected chi connectivity index (χ0v) is 8.17. The van der Waals surface area contributed by atoms with Crippen molar-refractivity contribution in [2.24, 2.45) is 0 Å². The molecule has 2 nitrogen and oxygen atoms in total. The maximum atomic E-state index is 11.9. The third-order valence-corrected chi connectivity index (χ3v) is 2.48. The highest BCUT2D eigenvalue weighted by Gasteiger charge is 2.30. The van der Waals surface area contributed by atoms with Gasteiger partial charge in [0.25, 0.3) is 0 Å².